The summed E-state index contributed by atoms with van der Waals surface area (Å²) < 4.78 is 9.94. The zero-order chi connectivity index (χ0) is 15.5. The molecule has 0 amide bonds. The van der Waals surface area contributed by atoms with Gasteiger partial charge in [-0.3, -0.25) is 0 Å². The normalized spacial score (nSPS) is 13.1. The number of fused-ring (bicyclic) bond motifs is 2. The molecule has 0 bridgehead atoms. The Hall–Kier alpha value is -1.85. The molecule has 3 rings (SSSR count). The number of hydrogen-bond donors (Lipinski definition) is 0. The Balaban J connectivity index is 2.10. The number of methoxy groups -OCH3 is 2. The van der Waals surface area contributed by atoms with Crippen LogP contribution in [-0.2, 0) is 14.3 Å². The molecular formula is C17H14O3S2. The molecule has 0 N–H and O–H groups in total. The molecule has 22 heavy (non-hydrogen) atoms. The first-order chi connectivity index (χ1) is 10.7. The SMILES string of the molecule is CO/C=C(/C(=O)OC)c1cccc2c1Sc1ccccc1S2. The minimum absolute atomic E-state index is 0.403. The summed E-state index contributed by atoms with van der Waals surface area (Å²) in [6.45, 7) is 0. The van der Waals surface area contributed by atoms with Crippen molar-refractivity contribution in [3.8, 4) is 0 Å². The van der Waals surface area contributed by atoms with Crippen molar-refractivity contribution in [2.45, 2.75) is 19.6 Å². The largest absolute Gasteiger partial charge is 0.503 e. The standard InChI is InChI=1S/C17H14O3S2/c1-19-10-12(17(18)20-2)11-6-5-9-15-16(11)22-14-8-4-3-7-13(14)21-15/h3-10H,1-2H3/b12-10+. The summed E-state index contributed by atoms with van der Waals surface area (Å²) in [5.74, 6) is -0.403. The van der Waals surface area contributed by atoms with Crippen LogP contribution in [0.1, 0.15) is 5.56 Å². The monoisotopic (exact) mass is 330 g/mol. The van der Waals surface area contributed by atoms with Crippen molar-refractivity contribution >= 4 is 35.1 Å². The fourth-order valence-corrected chi connectivity index (χ4v) is 4.60. The second-order valence-corrected chi connectivity index (χ2v) is 6.68. The van der Waals surface area contributed by atoms with E-state index in [1.165, 1.54) is 30.3 Å². The van der Waals surface area contributed by atoms with E-state index in [9.17, 15) is 4.79 Å². The Morgan fingerprint density at radius 1 is 0.955 bits per heavy atom. The van der Waals surface area contributed by atoms with Crippen LogP contribution in [0.25, 0.3) is 5.57 Å². The van der Waals surface area contributed by atoms with Crippen LogP contribution in [0.4, 0.5) is 0 Å². The maximum absolute atomic E-state index is 12.0. The molecule has 0 unspecified atom stereocenters. The van der Waals surface area contributed by atoms with Crippen molar-refractivity contribution in [1.29, 1.82) is 0 Å². The minimum atomic E-state index is -0.403. The summed E-state index contributed by atoms with van der Waals surface area (Å²) >= 11 is 3.38. The first-order valence-electron chi connectivity index (χ1n) is 6.64. The summed E-state index contributed by atoms with van der Waals surface area (Å²) in [5.41, 5.74) is 1.26. The molecule has 0 saturated heterocycles. The van der Waals surface area contributed by atoms with Crippen LogP contribution in [0.2, 0.25) is 0 Å². The average molecular weight is 330 g/mol. The third kappa shape index (κ3) is 2.74. The van der Waals surface area contributed by atoms with Gasteiger partial charge in [-0.15, -0.1) is 0 Å². The van der Waals surface area contributed by atoms with E-state index in [1.54, 1.807) is 23.5 Å². The highest BCUT2D eigenvalue weighted by molar-refractivity contribution is 8.05. The molecule has 0 saturated carbocycles. The smallest absolute Gasteiger partial charge is 0.341 e. The Morgan fingerprint density at radius 3 is 2.32 bits per heavy atom. The topological polar surface area (TPSA) is 35.5 Å². The fraction of sp³-hybridized carbons (Fsp3) is 0.118. The second kappa shape index (κ2) is 6.50. The van der Waals surface area contributed by atoms with Gasteiger partial charge < -0.3 is 9.47 Å². The predicted octanol–water partition coefficient (Wildman–Crippen LogP) is 4.46. The highest BCUT2D eigenvalue weighted by Crippen LogP contribution is 2.50. The molecule has 1 heterocycles. The number of benzene rings is 2. The number of carbonyl (C=O) groups excluding carboxylic acids is 1. The summed E-state index contributed by atoms with van der Waals surface area (Å²) in [7, 11) is 2.90. The van der Waals surface area contributed by atoms with E-state index in [4.69, 9.17) is 9.47 Å². The van der Waals surface area contributed by atoms with E-state index < -0.39 is 5.97 Å². The molecule has 0 fully saturated rings. The maximum atomic E-state index is 12.0. The zero-order valence-corrected chi connectivity index (χ0v) is 13.8. The quantitative estimate of drug-likeness (QED) is 0.402. The lowest BCUT2D eigenvalue weighted by atomic mass is 10.1. The van der Waals surface area contributed by atoms with Gasteiger partial charge in [0.1, 0.15) is 5.57 Å². The molecule has 0 aliphatic carbocycles. The van der Waals surface area contributed by atoms with Gasteiger partial charge in [0.25, 0.3) is 0 Å². The van der Waals surface area contributed by atoms with Crippen LogP contribution in [0.5, 0.6) is 0 Å². The number of carbonyl (C=O) groups is 1. The Labute approximate surface area is 137 Å². The van der Waals surface area contributed by atoms with E-state index in [1.807, 2.05) is 24.3 Å². The van der Waals surface area contributed by atoms with Crippen molar-refractivity contribution in [3.05, 3.63) is 54.3 Å². The molecule has 0 atom stereocenters. The van der Waals surface area contributed by atoms with Gasteiger partial charge in [-0.1, -0.05) is 47.8 Å². The number of ether oxygens (including phenoxy) is 2. The van der Waals surface area contributed by atoms with Crippen molar-refractivity contribution in [1.82, 2.24) is 0 Å². The lowest BCUT2D eigenvalue weighted by Gasteiger charge is -2.21. The fourth-order valence-electron chi connectivity index (χ4n) is 2.21. The third-order valence-corrected chi connectivity index (χ3v) is 5.81. The first-order valence-corrected chi connectivity index (χ1v) is 8.27. The van der Waals surface area contributed by atoms with Crippen molar-refractivity contribution in [2.24, 2.45) is 0 Å². The van der Waals surface area contributed by atoms with Crippen LogP contribution in [0.3, 0.4) is 0 Å². The van der Waals surface area contributed by atoms with Gasteiger partial charge >= 0.3 is 5.97 Å². The molecule has 0 spiro atoms. The molecule has 5 heteroatoms. The average Bonchev–Trinajstić information content (AvgIpc) is 2.57. The lowest BCUT2D eigenvalue weighted by Crippen LogP contribution is -2.06. The Morgan fingerprint density at radius 2 is 1.64 bits per heavy atom. The molecule has 2 aromatic carbocycles. The molecule has 1 aliphatic rings. The second-order valence-electron chi connectivity index (χ2n) is 4.54. The van der Waals surface area contributed by atoms with Gasteiger partial charge in [-0.05, 0) is 18.2 Å². The van der Waals surface area contributed by atoms with Crippen LogP contribution in [0, 0.1) is 0 Å². The Kier molecular flexibility index (Phi) is 4.45. The van der Waals surface area contributed by atoms with Gasteiger partial charge in [0.2, 0.25) is 0 Å². The zero-order valence-electron chi connectivity index (χ0n) is 12.2. The number of esters is 1. The Bertz CT molecular complexity index is 753. The van der Waals surface area contributed by atoms with Crippen molar-refractivity contribution in [2.75, 3.05) is 14.2 Å². The van der Waals surface area contributed by atoms with E-state index in [0.717, 1.165) is 15.4 Å². The lowest BCUT2D eigenvalue weighted by molar-refractivity contribution is -0.133. The van der Waals surface area contributed by atoms with Gasteiger partial charge in [-0.25, -0.2) is 4.79 Å². The van der Waals surface area contributed by atoms with E-state index in [-0.39, 0.29) is 0 Å². The van der Waals surface area contributed by atoms with Gasteiger partial charge in [0.05, 0.1) is 20.5 Å². The number of rotatable bonds is 3. The molecule has 112 valence electrons. The molecule has 1 aliphatic heterocycles. The minimum Gasteiger partial charge on any atom is -0.503 e. The number of hydrogen-bond acceptors (Lipinski definition) is 5. The summed E-state index contributed by atoms with van der Waals surface area (Å²) in [6.07, 6.45) is 1.44. The molecule has 0 radical (unpaired) electrons. The predicted molar refractivity (Wildman–Crippen MR) is 88.1 cm³/mol. The first kappa shape index (κ1) is 15.1. The van der Waals surface area contributed by atoms with Crippen molar-refractivity contribution in [3.63, 3.8) is 0 Å². The molecule has 3 nitrogen and oxygen atoms in total. The molecular weight excluding hydrogens is 316 g/mol. The van der Waals surface area contributed by atoms with Gasteiger partial charge in [0, 0.05) is 25.1 Å². The van der Waals surface area contributed by atoms with Crippen LogP contribution >= 0.6 is 23.5 Å². The maximum Gasteiger partial charge on any atom is 0.341 e. The summed E-state index contributed by atoms with van der Waals surface area (Å²) in [6, 6.07) is 14.2. The highest BCUT2D eigenvalue weighted by Gasteiger charge is 2.24. The third-order valence-electron chi connectivity index (χ3n) is 3.19. The van der Waals surface area contributed by atoms with E-state index in [2.05, 4.69) is 18.2 Å². The van der Waals surface area contributed by atoms with E-state index in [0.29, 0.717) is 5.57 Å². The van der Waals surface area contributed by atoms with E-state index >= 15 is 0 Å². The highest BCUT2D eigenvalue weighted by atomic mass is 32.2. The van der Waals surface area contributed by atoms with Gasteiger partial charge in [0.15, 0.2) is 0 Å². The van der Waals surface area contributed by atoms with Crippen LogP contribution in [0.15, 0.2) is 68.3 Å². The summed E-state index contributed by atoms with van der Waals surface area (Å²) in [4.78, 5) is 16.7. The van der Waals surface area contributed by atoms with Crippen LogP contribution in [-0.4, -0.2) is 20.2 Å². The van der Waals surface area contributed by atoms with Crippen LogP contribution < -0.4 is 0 Å². The van der Waals surface area contributed by atoms with Crippen molar-refractivity contribution < 1.29 is 14.3 Å². The molecule has 2 aromatic rings. The molecule has 0 aromatic heterocycles. The van der Waals surface area contributed by atoms with Gasteiger partial charge in [-0.2, -0.15) is 0 Å². The summed E-state index contributed by atoms with van der Waals surface area (Å²) in [5, 5.41) is 0.